The molecule has 0 radical (unpaired) electrons. The molecule has 1 aliphatic heterocycles. The summed E-state index contributed by atoms with van der Waals surface area (Å²) in [5.41, 5.74) is 0.875. The van der Waals surface area contributed by atoms with Crippen molar-refractivity contribution in [3.8, 4) is 0 Å². The Morgan fingerprint density at radius 2 is 1.71 bits per heavy atom. The molecule has 1 unspecified atom stereocenters. The van der Waals surface area contributed by atoms with Gasteiger partial charge in [-0.2, -0.15) is 0 Å². The Morgan fingerprint density at radius 1 is 1.00 bits per heavy atom. The van der Waals surface area contributed by atoms with E-state index in [1.54, 1.807) is 12.1 Å². The maximum absolute atomic E-state index is 13.2. The minimum Gasteiger partial charge on any atom is -0.323 e. The zero-order chi connectivity index (χ0) is 17.0. The van der Waals surface area contributed by atoms with Gasteiger partial charge in [0.25, 0.3) is 5.91 Å². The molecule has 0 fully saturated rings. The van der Waals surface area contributed by atoms with Crippen molar-refractivity contribution in [3.63, 3.8) is 0 Å². The topological polar surface area (TPSA) is 58.2 Å². The number of amides is 1. The van der Waals surface area contributed by atoms with Crippen molar-refractivity contribution in [1.29, 1.82) is 0 Å². The summed E-state index contributed by atoms with van der Waals surface area (Å²) >= 11 is 0. The average molecular weight is 322 g/mol. The van der Waals surface area contributed by atoms with Crippen molar-refractivity contribution in [3.05, 3.63) is 65.7 Å². The zero-order valence-corrected chi connectivity index (χ0v) is 13.8. The monoisotopic (exact) mass is 322 g/mol. The summed E-state index contributed by atoms with van der Waals surface area (Å²) in [7, 11) is 0. The first-order valence-electron chi connectivity index (χ1n) is 8.41. The van der Waals surface area contributed by atoms with Crippen LogP contribution in [-0.2, 0) is 11.2 Å². The van der Waals surface area contributed by atoms with Crippen LogP contribution in [0.1, 0.15) is 35.7 Å². The van der Waals surface area contributed by atoms with Crippen LogP contribution in [-0.4, -0.2) is 23.8 Å². The Bertz CT molecular complexity index is 742. The van der Waals surface area contributed by atoms with Crippen LogP contribution in [0.4, 0.5) is 5.69 Å². The molecule has 1 heterocycles. The fourth-order valence-electron chi connectivity index (χ4n) is 3.12. The molecule has 3 rings (SSSR count). The Hall–Kier alpha value is -2.46. The van der Waals surface area contributed by atoms with E-state index in [0.29, 0.717) is 24.2 Å². The van der Waals surface area contributed by atoms with Gasteiger partial charge in [0.15, 0.2) is 11.3 Å². The van der Waals surface area contributed by atoms with E-state index >= 15 is 0 Å². The number of ketones is 1. The summed E-state index contributed by atoms with van der Waals surface area (Å²) < 4.78 is 0. The second-order valence-electron chi connectivity index (χ2n) is 6.18. The highest BCUT2D eigenvalue weighted by molar-refractivity contribution is 6.27. The van der Waals surface area contributed by atoms with Crippen molar-refractivity contribution < 1.29 is 9.59 Å². The Kier molecular flexibility index (Phi) is 4.76. The molecule has 2 aromatic rings. The highest BCUT2D eigenvalue weighted by Gasteiger charge is 2.49. The molecule has 24 heavy (non-hydrogen) atoms. The molecule has 1 amide bonds. The van der Waals surface area contributed by atoms with E-state index < -0.39 is 5.54 Å². The lowest BCUT2D eigenvalue weighted by Crippen LogP contribution is -2.64. The van der Waals surface area contributed by atoms with Crippen molar-refractivity contribution in [1.82, 2.24) is 5.32 Å². The van der Waals surface area contributed by atoms with Gasteiger partial charge in [-0.1, -0.05) is 55.8 Å². The van der Waals surface area contributed by atoms with Gasteiger partial charge in [0.1, 0.15) is 0 Å². The van der Waals surface area contributed by atoms with Crippen LogP contribution in [0.5, 0.6) is 0 Å². The van der Waals surface area contributed by atoms with Crippen LogP contribution in [0.15, 0.2) is 54.6 Å². The smallest absolute Gasteiger partial charge is 0.253 e. The third kappa shape index (κ3) is 2.97. The Balaban J connectivity index is 2.00. The van der Waals surface area contributed by atoms with Crippen molar-refractivity contribution in [2.24, 2.45) is 0 Å². The molecular weight excluding hydrogens is 300 g/mol. The molecule has 2 N–H and O–H groups in total. The molecule has 0 aliphatic carbocycles. The number of benzene rings is 2. The summed E-state index contributed by atoms with van der Waals surface area (Å²) in [6, 6.07) is 16.9. The Labute approximate surface area is 142 Å². The van der Waals surface area contributed by atoms with E-state index in [1.807, 2.05) is 42.5 Å². The van der Waals surface area contributed by atoms with Gasteiger partial charge >= 0.3 is 0 Å². The van der Waals surface area contributed by atoms with Crippen LogP contribution in [0.3, 0.4) is 0 Å². The van der Waals surface area contributed by atoms with Crippen LogP contribution in [0.25, 0.3) is 0 Å². The summed E-state index contributed by atoms with van der Waals surface area (Å²) in [5, 5.41) is 6.17. The highest BCUT2D eigenvalue weighted by Crippen LogP contribution is 2.30. The van der Waals surface area contributed by atoms with E-state index in [2.05, 4.69) is 17.6 Å². The van der Waals surface area contributed by atoms with Crippen molar-refractivity contribution in [2.75, 3.05) is 11.9 Å². The number of anilines is 1. The number of para-hydroxylation sites is 1. The van der Waals surface area contributed by atoms with E-state index in [4.69, 9.17) is 0 Å². The second kappa shape index (κ2) is 6.97. The first kappa shape index (κ1) is 16.4. The lowest BCUT2D eigenvalue weighted by Gasteiger charge is -2.36. The third-order valence-corrected chi connectivity index (χ3v) is 4.46. The van der Waals surface area contributed by atoms with Crippen molar-refractivity contribution >= 4 is 17.4 Å². The molecule has 0 saturated heterocycles. The van der Waals surface area contributed by atoms with Crippen LogP contribution in [0, 0.1) is 0 Å². The summed E-state index contributed by atoms with van der Waals surface area (Å²) in [6.45, 7) is 2.72. The number of nitrogens with one attached hydrogen (secondary N) is 2. The number of unbranched alkanes of at least 4 members (excludes halogenated alkanes) is 1. The number of fused-ring (bicyclic) bond motifs is 1. The van der Waals surface area contributed by atoms with Gasteiger partial charge in [-0.3, -0.25) is 14.9 Å². The van der Waals surface area contributed by atoms with E-state index in [-0.39, 0.29) is 11.7 Å². The van der Waals surface area contributed by atoms with E-state index in [9.17, 15) is 9.59 Å². The largest absolute Gasteiger partial charge is 0.323 e. The second-order valence-corrected chi connectivity index (χ2v) is 6.18. The van der Waals surface area contributed by atoms with Gasteiger partial charge in [-0.25, -0.2) is 0 Å². The maximum Gasteiger partial charge on any atom is 0.253 e. The molecule has 0 bridgehead atoms. The van der Waals surface area contributed by atoms with Gasteiger partial charge in [0.2, 0.25) is 0 Å². The third-order valence-electron chi connectivity index (χ3n) is 4.46. The number of carbonyl (C=O) groups excluding carboxylic acids is 2. The molecule has 4 heteroatoms. The number of hydrogen-bond acceptors (Lipinski definition) is 3. The van der Waals surface area contributed by atoms with Gasteiger partial charge in [-0.15, -0.1) is 0 Å². The lowest BCUT2D eigenvalue weighted by molar-refractivity contribution is -0.121. The number of rotatable bonds is 6. The highest BCUT2D eigenvalue weighted by atomic mass is 16.2. The minimum atomic E-state index is -1.25. The van der Waals surface area contributed by atoms with Gasteiger partial charge in [0.05, 0.1) is 5.69 Å². The molecule has 0 spiro atoms. The SMILES string of the molecule is CCCCNC1(Cc2ccccc2)C(=O)Nc2ccccc2C1=O. The summed E-state index contributed by atoms with van der Waals surface area (Å²) in [6.07, 6.45) is 2.26. The lowest BCUT2D eigenvalue weighted by atomic mass is 9.79. The first-order chi connectivity index (χ1) is 11.7. The predicted molar refractivity (Wildman–Crippen MR) is 95.2 cm³/mol. The van der Waals surface area contributed by atoms with Gasteiger partial charge in [-0.05, 0) is 30.7 Å². The van der Waals surface area contributed by atoms with Gasteiger partial charge < -0.3 is 5.32 Å². The zero-order valence-electron chi connectivity index (χ0n) is 13.8. The molecule has 0 aromatic heterocycles. The first-order valence-corrected chi connectivity index (χ1v) is 8.41. The standard InChI is InChI=1S/C20H22N2O2/c1-2-3-13-21-20(14-15-9-5-4-6-10-15)18(23)16-11-7-8-12-17(16)22-19(20)24/h4-12,21H,2-3,13-14H2,1H3,(H,22,24). The quantitative estimate of drug-likeness (QED) is 0.634. The Morgan fingerprint density at radius 3 is 2.46 bits per heavy atom. The van der Waals surface area contributed by atoms with Crippen LogP contribution >= 0.6 is 0 Å². The molecule has 124 valence electrons. The molecule has 0 saturated carbocycles. The molecule has 4 nitrogen and oxygen atoms in total. The van der Waals surface area contributed by atoms with Crippen LogP contribution < -0.4 is 10.6 Å². The maximum atomic E-state index is 13.2. The average Bonchev–Trinajstić information content (AvgIpc) is 2.61. The molecule has 1 atom stereocenters. The van der Waals surface area contributed by atoms with Gasteiger partial charge in [0, 0.05) is 12.0 Å². The minimum absolute atomic E-state index is 0.151. The van der Waals surface area contributed by atoms with E-state index in [1.165, 1.54) is 0 Å². The fourth-order valence-corrected chi connectivity index (χ4v) is 3.12. The van der Waals surface area contributed by atoms with E-state index in [0.717, 1.165) is 18.4 Å². The van der Waals surface area contributed by atoms with Crippen molar-refractivity contribution in [2.45, 2.75) is 31.7 Å². The number of carbonyl (C=O) groups is 2. The molecular formula is C20H22N2O2. The summed E-state index contributed by atoms with van der Waals surface area (Å²) in [4.78, 5) is 26.1. The predicted octanol–water partition coefficient (Wildman–Crippen LogP) is 3.19. The van der Waals surface area contributed by atoms with Crippen LogP contribution in [0.2, 0.25) is 0 Å². The number of Topliss-reactive ketones (excluding diaryl/α,β-unsaturated/α-hetero) is 1. The molecule has 1 aliphatic rings. The fraction of sp³-hybridized carbons (Fsp3) is 0.300. The molecule has 2 aromatic carbocycles. The number of hydrogen-bond donors (Lipinski definition) is 2. The summed E-state index contributed by atoms with van der Waals surface area (Å²) in [5.74, 6) is -0.423. The normalized spacial score (nSPS) is 19.7.